The fourth-order valence-electron chi connectivity index (χ4n) is 4.00. The third kappa shape index (κ3) is 4.52. The van der Waals surface area contributed by atoms with Crippen LogP contribution in [-0.4, -0.2) is 36.9 Å². The molecule has 0 aromatic carbocycles. The van der Waals surface area contributed by atoms with E-state index in [1.807, 2.05) is 30.9 Å². The Kier molecular flexibility index (Phi) is 5.69. The molecule has 1 fully saturated rings. The van der Waals surface area contributed by atoms with Crippen LogP contribution in [0.4, 0.5) is 0 Å². The van der Waals surface area contributed by atoms with Gasteiger partial charge in [0.1, 0.15) is 5.76 Å². The van der Waals surface area contributed by atoms with Crippen molar-refractivity contribution in [1.29, 1.82) is 0 Å². The largest absolute Gasteiger partial charge is 0.361 e. The van der Waals surface area contributed by atoms with Gasteiger partial charge in [-0.05, 0) is 46.0 Å². The zero-order valence-corrected chi connectivity index (χ0v) is 16.8. The molecule has 3 aromatic rings. The Bertz CT molecular complexity index is 937. The molecule has 0 saturated heterocycles. The van der Waals surface area contributed by atoms with Crippen molar-refractivity contribution in [2.45, 2.75) is 64.5 Å². The first kappa shape index (κ1) is 19.3. The van der Waals surface area contributed by atoms with Crippen molar-refractivity contribution in [2.24, 2.45) is 0 Å². The Labute approximate surface area is 169 Å². The second-order valence-electron chi connectivity index (χ2n) is 7.68. The van der Waals surface area contributed by atoms with Crippen molar-refractivity contribution >= 4 is 5.91 Å². The van der Waals surface area contributed by atoms with E-state index >= 15 is 0 Å². The lowest BCUT2D eigenvalue weighted by Gasteiger charge is -2.29. The van der Waals surface area contributed by atoms with Gasteiger partial charge in [-0.3, -0.25) is 19.4 Å². The molecular weight excluding hydrogens is 368 g/mol. The van der Waals surface area contributed by atoms with E-state index in [4.69, 9.17) is 4.52 Å². The number of hydrogen-bond donors (Lipinski definition) is 1. The third-order valence-electron chi connectivity index (χ3n) is 5.68. The first-order chi connectivity index (χ1) is 14.1. The van der Waals surface area contributed by atoms with Crippen LogP contribution >= 0.6 is 0 Å². The average molecular weight is 394 g/mol. The molecule has 29 heavy (non-hydrogen) atoms. The van der Waals surface area contributed by atoms with Crippen LogP contribution in [-0.2, 0) is 11.2 Å². The summed E-state index contributed by atoms with van der Waals surface area (Å²) in [5, 5.41) is 11.7. The molecule has 8 nitrogen and oxygen atoms in total. The van der Waals surface area contributed by atoms with Gasteiger partial charge in [0.25, 0.3) is 0 Å². The van der Waals surface area contributed by atoms with E-state index in [-0.39, 0.29) is 11.9 Å². The van der Waals surface area contributed by atoms with E-state index in [0.717, 1.165) is 54.0 Å². The van der Waals surface area contributed by atoms with Gasteiger partial charge in [0, 0.05) is 42.2 Å². The standard InChI is InChI=1S/C21H26N6O2/c1-14-19(15(2)29-26-14)7-8-21(28)25-17-3-5-18(6-4-17)27-13-16(11-24-27)20-12-22-9-10-23-20/h9-13,17-18H,3-8H2,1-2H3,(H,25,28). The SMILES string of the molecule is Cc1noc(C)c1CCC(=O)NC1CCC(n2cc(-c3cnccn3)cn2)CC1. The maximum Gasteiger partial charge on any atom is 0.220 e. The molecule has 0 bridgehead atoms. The summed E-state index contributed by atoms with van der Waals surface area (Å²) in [7, 11) is 0. The van der Waals surface area contributed by atoms with E-state index in [0.29, 0.717) is 18.9 Å². The lowest BCUT2D eigenvalue weighted by atomic mass is 9.91. The van der Waals surface area contributed by atoms with E-state index < -0.39 is 0 Å². The number of carbonyl (C=O) groups is 1. The topological polar surface area (TPSA) is 98.7 Å². The average Bonchev–Trinajstić information content (AvgIpc) is 3.35. The highest BCUT2D eigenvalue weighted by atomic mass is 16.5. The molecule has 3 aromatic heterocycles. The molecule has 0 aliphatic heterocycles. The lowest BCUT2D eigenvalue weighted by molar-refractivity contribution is -0.122. The number of amides is 1. The van der Waals surface area contributed by atoms with Crippen LogP contribution in [0.25, 0.3) is 11.3 Å². The minimum atomic E-state index is 0.0949. The lowest BCUT2D eigenvalue weighted by Crippen LogP contribution is -2.38. The number of nitrogens with zero attached hydrogens (tertiary/aromatic N) is 5. The zero-order valence-electron chi connectivity index (χ0n) is 16.8. The van der Waals surface area contributed by atoms with Crippen LogP contribution in [0.5, 0.6) is 0 Å². The molecule has 8 heteroatoms. The van der Waals surface area contributed by atoms with E-state index in [9.17, 15) is 4.79 Å². The number of carbonyl (C=O) groups excluding carboxylic acids is 1. The number of nitrogens with one attached hydrogen (secondary N) is 1. The van der Waals surface area contributed by atoms with Crippen molar-refractivity contribution in [3.05, 3.63) is 48.0 Å². The van der Waals surface area contributed by atoms with E-state index in [1.165, 1.54) is 0 Å². The third-order valence-corrected chi connectivity index (χ3v) is 5.68. The summed E-state index contributed by atoms with van der Waals surface area (Å²) in [5.74, 6) is 0.897. The molecule has 152 valence electrons. The van der Waals surface area contributed by atoms with Crippen LogP contribution in [0.15, 0.2) is 35.5 Å². The van der Waals surface area contributed by atoms with Crippen molar-refractivity contribution in [3.8, 4) is 11.3 Å². The molecule has 1 amide bonds. The van der Waals surface area contributed by atoms with Gasteiger partial charge < -0.3 is 9.84 Å². The Morgan fingerprint density at radius 2 is 2.03 bits per heavy atom. The molecule has 0 unspecified atom stereocenters. The molecule has 1 aliphatic rings. The molecule has 1 saturated carbocycles. The van der Waals surface area contributed by atoms with Gasteiger partial charge in [0.2, 0.25) is 5.91 Å². The number of hydrogen-bond acceptors (Lipinski definition) is 6. The summed E-state index contributed by atoms with van der Waals surface area (Å²) < 4.78 is 7.19. The molecule has 1 N–H and O–H groups in total. The number of aromatic nitrogens is 5. The van der Waals surface area contributed by atoms with Crippen molar-refractivity contribution < 1.29 is 9.32 Å². The second-order valence-corrected chi connectivity index (χ2v) is 7.68. The van der Waals surface area contributed by atoms with Gasteiger partial charge in [-0.2, -0.15) is 5.10 Å². The maximum atomic E-state index is 12.3. The number of rotatable bonds is 6. The summed E-state index contributed by atoms with van der Waals surface area (Å²) in [4.78, 5) is 20.8. The molecule has 0 spiro atoms. The van der Waals surface area contributed by atoms with Crippen molar-refractivity contribution in [1.82, 2.24) is 30.2 Å². The normalized spacial score (nSPS) is 19.2. The summed E-state index contributed by atoms with van der Waals surface area (Å²) in [6.07, 6.45) is 14.0. The Balaban J connectivity index is 1.25. The molecule has 4 rings (SSSR count). The van der Waals surface area contributed by atoms with Crippen LogP contribution in [0.2, 0.25) is 0 Å². The monoisotopic (exact) mass is 394 g/mol. The van der Waals surface area contributed by atoms with Crippen molar-refractivity contribution in [2.75, 3.05) is 0 Å². The van der Waals surface area contributed by atoms with Gasteiger partial charge in [-0.1, -0.05) is 5.16 Å². The predicted molar refractivity (Wildman–Crippen MR) is 107 cm³/mol. The Morgan fingerprint density at radius 3 is 2.72 bits per heavy atom. The molecule has 1 aliphatic carbocycles. The van der Waals surface area contributed by atoms with Crippen molar-refractivity contribution in [3.63, 3.8) is 0 Å². The van der Waals surface area contributed by atoms with Crippen LogP contribution in [0, 0.1) is 13.8 Å². The minimum Gasteiger partial charge on any atom is -0.361 e. The Morgan fingerprint density at radius 1 is 1.21 bits per heavy atom. The highest BCUT2D eigenvalue weighted by molar-refractivity contribution is 5.76. The quantitative estimate of drug-likeness (QED) is 0.689. The smallest absolute Gasteiger partial charge is 0.220 e. The summed E-state index contributed by atoms with van der Waals surface area (Å²) in [6, 6.07) is 0.592. The van der Waals surface area contributed by atoms with Crippen LogP contribution < -0.4 is 5.32 Å². The predicted octanol–water partition coefficient (Wildman–Crippen LogP) is 3.18. The van der Waals surface area contributed by atoms with Crippen LogP contribution in [0.1, 0.15) is 55.2 Å². The summed E-state index contributed by atoms with van der Waals surface area (Å²) in [6.45, 7) is 3.80. The van der Waals surface area contributed by atoms with E-state index in [1.54, 1.807) is 18.6 Å². The highest BCUT2D eigenvalue weighted by Gasteiger charge is 2.24. The second kappa shape index (κ2) is 8.55. The fraction of sp³-hybridized carbons (Fsp3) is 0.476. The van der Waals surface area contributed by atoms with Gasteiger partial charge in [0.05, 0.1) is 29.8 Å². The highest BCUT2D eigenvalue weighted by Crippen LogP contribution is 2.29. The zero-order chi connectivity index (χ0) is 20.2. The number of aryl methyl sites for hydroxylation is 2. The van der Waals surface area contributed by atoms with Gasteiger partial charge in [0.15, 0.2) is 0 Å². The molecule has 0 atom stereocenters. The molecular formula is C21H26N6O2. The Hall–Kier alpha value is -3.03. The van der Waals surface area contributed by atoms with Gasteiger partial charge in [-0.25, -0.2) is 0 Å². The van der Waals surface area contributed by atoms with Gasteiger partial charge >= 0.3 is 0 Å². The summed E-state index contributed by atoms with van der Waals surface area (Å²) in [5.41, 5.74) is 3.73. The summed E-state index contributed by atoms with van der Waals surface area (Å²) >= 11 is 0. The fourth-order valence-corrected chi connectivity index (χ4v) is 4.00. The minimum absolute atomic E-state index is 0.0949. The van der Waals surface area contributed by atoms with E-state index in [2.05, 4.69) is 25.5 Å². The first-order valence-electron chi connectivity index (χ1n) is 10.1. The van der Waals surface area contributed by atoms with Crippen LogP contribution in [0.3, 0.4) is 0 Å². The molecule has 0 radical (unpaired) electrons. The molecule has 3 heterocycles. The van der Waals surface area contributed by atoms with Gasteiger partial charge in [-0.15, -0.1) is 0 Å². The maximum absolute atomic E-state index is 12.3. The first-order valence-corrected chi connectivity index (χ1v) is 10.1.